The van der Waals surface area contributed by atoms with Gasteiger partial charge in [0, 0.05) is 0 Å². The number of carbonyl (C=O) groups excluding carboxylic acids is 1. The fourth-order valence-electron chi connectivity index (χ4n) is 1.67. The first-order valence-corrected chi connectivity index (χ1v) is 5.81. The normalized spacial score (nSPS) is 10.5. The van der Waals surface area contributed by atoms with E-state index in [9.17, 15) is 31.5 Å². The van der Waals surface area contributed by atoms with Crippen molar-refractivity contribution in [1.82, 2.24) is 0 Å². The molecule has 0 atom stereocenters. The van der Waals surface area contributed by atoms with Crippen LogP contribution >= 0.6 is 0 Å². The Morgan fingerprint density at radius 1 is 0.783 bits per heavy atom. The van der Waals surface area contributed by atoms with Crippen molar-refractivity contribution in [2.45, 2.75) is 0 Å². The van der Waals surface area contributed by atoms with Crippen LogP contribution in [0.3, 0.4) is 0 Å². The summed E-state index contributed by atoms with van der Waals surface area (Å²) in [5.41, 5.74) is -1.19. The van der Waals surface area contributed by atoms with E-state index in [1.165, 1.54) is 12.1 Å². The van der Waals surface area contributed by atoms with Crippen LogP contribution in [0.5, 0.6) is 5.75 Å². The van der Waals surface area contributed by atoms with Crippen LogP contribution in [0.4, 0.5) is 22.0 Å². The number of aromatic carboxylic acids is 1. The zero-order valence-corrected chi connectivity index (χ0v) is 10.9. The van der Waals surface area contributed by atoms with Crippen LogP contribution in [0.15, 0.2) is 24.3 Å². The highest BCUT2D eigenvalue weighted by atomic mass is 19.2. The molecule has 1 N–H and O–H groups in total. The van der Waals surface area contributed by atoms with Gasteiger partial charge in [0.15, 0.2) is 0 Å². The fraction of sp³-hybridized carbons (Fsp3) is 0. The fourth-order valence-corrected chi connectivity index (χ4v) is 1.67. The van der Waals surface area contributed by atoms with Crippen molar-refractivity contribution >= 4 is 11.9 Å². The molecule has 23 heavy (non-hydrogen) atoms. The molecule has 9 heteroatoms. The van der Waals surface area contributed by atoms with Gasteiger partial charge in [0.05, 0.1) is 11.1 Å². The van der Waals surface area contributed by atoms with Crippen molar-refractivity contribution in [2.24, 2.45) is 0 Å². The monoisotopic (exact) mass is 332 g/mol. The quantitative estimate of drug-likeness (QED) is 0.308. The van der Waals surface area contributed by atoms with Crippen molar-refractivity contribution in [3.05, 3.63) is 64.5 Å². The summed E-state index contributed by atoms with van der Waals surface area (Å²) < 4.78 is 69.9. The summed E-state index contributed by atoms with van der Waals surface area (Å²) in [6.45, 7) is 0. The van der Waals surface area contributed by atoms with E-state index in [1.807, 2.05) is 0 Å². The van der Waals surface area contributed by atoms with Crippen molar-refractivity contribution in [3.63, 3.8) is 0 Å². The number of carboxylic acids is 1. The van der Waals surface area contributed by atoms with Gasteiger partial charge < -0.3 is 9.84 Å². The number of hydrogen-bond donors (Lipinski definition) is 1. The molecule has 0 saturated carbocycles. The molecule has 0 radical (unpaired) electrons. The minimum Gasteiger partial charge on any atom is -0.478 e. The van der Waals surface area contributed by atoms with E-state index >= 15 is 0 Å². The standard InChI is InChI=1S/C14H5F5O4/c15-7-8(16)10(18)12(11(19)9(7)17)23-14(22)6-4-2-1-3-5(6)13(20)21/h1-4H,(H,20,21). The predicted octanol–water partition coefficient (Wildman–Crippen LogP) is 3.30. The number of hydrogen-bond acceptors (Lipinski definition) is 3. The number of carbonyl (C=O) groups is 2. The Hall–Kier alpha value is -2.97. The Labute approximate surface area is 124 Å². The number of rotatable bonds is 3. The molecule has 0 aliphatic carbocycles. The highest BCUT2D eigenvalue weighted by molar-refractivity contribution is 6.03. The third kappa shape index (κ3) is 2.85. The molecule has 4 nitrogen and oxygen atoms in total. The van der Waals surface area contributed by atoms with Gasteiger partial charge in [0.25, 0.3) is 0 Å². The van der Waals surface area contributed by atoms with Gasteiger partial charge in [-0.25, -0.2) is 22.8 Å². The van der Waals surface area contributed by atoms with Crippen LogP contribution in [0.1, 0.15) is 20.7 Å². The maximum absolute atomic E-state index is 13.4. The van der Waals surface area contributed by atoms with Crippen LogP contribution in [0, 0.1) is 29.1 Å². The molecule has 0 aliphatic heterocycles. The molecule has 0 spiro atoms. The molecular weight excluding hydrogens is 327 g/mol. The average molecular weight is 332 g/mol. The number of carboxylic acid groups (broad SMARTS) is 1. The SMILES string of the molecule is O=C(O)c1ccccc1C(=O)Oc1c(F)c(F)c(F)c(F)c1F. The first kappa shape index (κ1) is 16.4. The van der Waals surface area contributed by atoms with E-state index in [0.717, 1.165) is 12.1 Å². The van der Waals surface area contributed by atoms with Crippen LogP contribution < -0.4 is 4.74 Å². The van der Waals surface area contributed by atoms with Gasteiger partial charge in [-0.3, -0.25) is 0 Å². The molecule has 0 heterocycles. The van der Waals surface area contributed by atoms with E-state index in [2.05, 4.69) is 4.74 Å². The summed E-state index contributed by atoms with van der Waals surface area (Å²) in [5.74, 6) is -16.6. The minimum atomic E-state index is -2.41. The molecule has 2 rings (SSSR count). The Kier molecular flexibility index (Phi) is 4.30. The van der Waals surface area contributed by atoms with Crippen LogP contribution in [0.25, 0.3) is 0 Å². The first-order chi connectivity index (χ1) is 10.8. The van der Waals surface area contributed by atoms with Crippen LogP contribution in [0.2, 0.25) is 0 Å². The second-order valence-electron chi connectivity index (χ2n) is 4.14. The molecule has 2 aromatic rings. The average Bonchev–Trinajstić information content (AvgIpc) is 2.54. The van der Waals surface area contributed by atoms with Gasteiger partial charge in [-0.1, -0.05) is 12.1 Å². The molecule has 120 valence electrons. The number of ether oxygens (including phenoxy) is 1. The topological polar surface area (TPSA) is 63.6 Å². The molecule has 0 aromatic heterocycles. The summed E-state index contributed by atoms with van der Waals surface area (Å²) in [6.07, 6.45) is 0. The van der Waals surface area contributed by atoms with Gasteiger partial charge in [0.2, 0.25) is 34.8 Å². The van der Waals surface area contributed by atoms with Gasteiger partial charge in [-0.2, -0.15) is 8.78 Å². The number of esters is 1. The summed E-state index contributed by atoms with van der Waals surface area (Å²) in [7, 11) is 0. The molecule has 0 saturated heterocycles. The molecule has 2 aromatic carbocycles. The minimum absolute atomic E-state index is 0.568. The maximum atomic E-state index is 13.4. The van der Waals surface area contributed by atoms with E-state index < -0.39 is 57.9 Å². The highest BCUT2D eigenvalue weighted by Crippen LogP contribution is 2.29. The third-order valence-electron chi connectivity index (χ3n) is 2.74. The predicted molar refractivity (Wildman–Crippen MR) is 64.6 cm³/mol. The zero-order chi connectivity index (χ0) is 17.3. The van der Waals surface area contributed by atoms with E-state index in [1.54, 1.807) is 0 Å². The Bertz CT molecular complexity index is 790. The summed E-state index contributed by atoms with van der Waals surface area (Å²) in [6, 6.07) is 4.44. The van der Waals surface area contributed by atoms with Crippen molar-refractivity contribution in [3.8, 4) is 5.75 Å². The van der Waals surface area contributed by atoms with Gasteiger partial charge in [0.1, 0.15) is 0 Å². The van der Waals surface area contributed by atoms with Gasteiger partial charge in [-0.15, -0.1) is 0 Å². The van der Waals surface area contributed by atoms with E-state index in [0.29, 0.717) is 0 Å². The lowest BCUT2D eigenvalue weighted by Gasteiger charge is -2.10. The summed E-state index contributed by atoms with van der Waals surface area (Å²) >= 11 is 0. The van der Waals surface area contributed by atoms with Crippen molar-refractivity contribution < 1.29 is 41.4 Å². The lowest BCUT2D eigenvalue weighted by Crippen LogP contribution is -2.16. The van der Waals surface area contributed by atoms with E-state index in [-0.39, 0.29) is 0 Å². The number of halogens is 5. The van der Waals surface area contributed by atoms with Gasteiger partial charge >= 0.3 is 11.9 Å². The smallest absolute Gasteiger partial charge is 0.344 e. The molecule has 0 aliphatic rings. The molecule has 0 fully saturated rings. The largest absolute Gasteiger partial charge is 0.478 e. The second kappa shape index (κ2) is 6.03. The summed E-state index contributed by atoms with van der Waals surface area (Å²) in [4.78, 5) is 22.7. The lowest BCUT2D eigenvalue weighted by atomic mass is 10.1. The third-order valence-corrected chi connectivity index (χ3v) is 2.74. The molecule has 0 unspecified atom stereocenters. The maximum Gasteiger partial charge on any atom is 0.344 e. The first-order valence-electron chi connectivity index (χ1n) is 5.81. The molecule has 0 amide bonds. The Balaban J connectivity index is 2.49. The van der Waals surface area contributed by atoms with Gasteiger partial charge in [-0.05, 0) is 12.1 Å². The highest BCUT2D eigenvalue weighted by Gasteiger charge is 2.29. The lowest BCUT2D eigenvalue weighted by molar-refractivity contribution is 0.0661. The summed E-state index contributed by atoms with van der Waals surface area (Å²) in [5, 5.41) is 8.89. The number of benzene rings is 2. The van der Waals surface area contributed by atoms with Crippen LogP contribution in [-0.2, 0) is 0 Å². The van der Waals surface area contributed by atoms with Crippen LogP contribution in [-0.4, -0.2) is 17.0 Å². The van der Waals surface area contributed by atoms with Crippen molar-refractivity contribution in [1.29, 1.82) is 0 Å². The zero-order valence-electron chi connectivity index (χ0n) is 10.9. The molecular formula is C14H5F5O4. The van der Waals surface area contributed by atoms with E-state index in [4.69, 9.17) is 5.11 Å². The van der Waals surface area contributed by atoms with Crippen molar-refractivity contribution in [2.75, 3.05) is 0 Å². The Morgan fingerprint density at radius 2 is 1.22 bits per heavy atom. The molecule has 0 bridgehead atoms. The Morgan fingerprint density at radius 3 is 1.70 bits per heavy atom. The second-order valence-corrected chi connectivity index (χ2v) is 4.14.